The highest BCUT2D eigenvalue weighted by molar-refractivity contribution is 6.02. The van der Waals surface area contributed by atoms with Gasteiger partial charge in [-0.25, -0.2) is 9.97 Å². The lowest BCUT2D eigenvalue weighted by Gasteiger charge is -2.13. The number of amides is 1. The van der Waals surface area contributed by atoms with Crippen LogP contribution in [0, 0.1) is 6.92 Å². The first-order valence-corrected chi connectivity index (χ1v) is 8.73. The van der Waals surface area contributed by atoms with Crippen LogP contribution in [0.25, 0.3) is 0 Å². The lowest BCUT2D eigenvalue weighted by Crippen LogP contribution is -2.14. The molecule has 138 valence electrons. The van der Waals surface area contributed by atoms with Crippen molar-refractivity contribution >= 4 is 23.1 Å². The fraction of sp³-hybridized carbons (Fsp3) is 0.190. The number of carbonyl (C=O) groups excluding carboxylic acids is 1. The minimum atomic E-state index is -0.315. The smallest absolute Gasteiger partial charge is 0.275 e. The number of hydrogen-bond acceptors (Lipinski definition) is 5. The second-order valence-electron chi connectivity index (χ2n) is 6.06. The van der Waals surface area contributed by atoms with Gasteiger partial charge in [0.15, 0.2) is 0 Å². The number of aromatic nitrogens is 2. The highest BCUT2D eigenvalue weighted by atomic mass is 16.5. The lowest BCUT2D eigenvalue weighted by atomic mass is 10.1. The van der Waals surface area contributed by atoms with E-state index in [1.165, 1.54) is 11.8 Å². The summed E-state index contributed by atoms with van der Waals surface area (Å²) in [4.78, 5) is 20.9. The molecule has 0 spiro atoms. The molecule has 0 unspecified atom stereocenters. The van der Waals surface area contributed by atoms with E-state index in [4.69, 9.17) is 4.74 Å². The van der Waals surface area contributed by atoms with Gasteiger partial charge in [0.05, 0.1) is 19.5 Å². The molecule has 0 bridgehead atoms. The third-order valence-corrected chi connectivity index (χ3v) is 4.23. The Labute approximate surface area is 158 Å². The standard InChI is InChI=1S/C21H22N4O2/c1-4-15-7-5-6-14(2)20(15)25-19-13-22-18(12-23-19)21(26)24-16-8-10-17(27-3)11-9-16/h5-13H,4H2,1-3H3,(H,23,25)(H,24,26). The van der Waals surface area contributed by atoms with E-state index >= 15 is 0 Å². The van der Waals surface area contributed by atoms with Gasteiger partial charge in [-0.1, -0.05) is 25.1 Å². The number of methoxy groups -OCH3 is 1. The summed E-state index contributed by atoms with van der Waals surface area (Å²) in [5, 5.41) is 6.09. The molecule has 0 fully saturated rings. The molecule has 0 atom stereocenters. The molecule has 6 nitrogen and oxygen atoms in total. The Morgan fingerprint density at radius 1 is 1.07 bits per heavy atom. The zero-order valence-corrected chi connectivity index (χ0v) is 15.6. The van der Waals surface area contributed by atoms with Crippen LogP contribution in [0.2, 0.25) is 0 Å². The topological polar surface area (TPSA) is 76.1 Å². The zero-order valence-electron chi connectivity index (χ0n) is 15.6. The normalized spacial score (nSPS) is 10.3. The average Bonchev–Trinajstić information content (AvgIpc) is 2.70. The molecule has 0 saturated carbocycles. The number of rotatable bonds is 6. The van der Waals surface area contributed by atoms with E-state index in [9.17, 15) is 4.79 Å². The van der Waals surface area contributed by atoms with Gasteiger partial charge in [0.2, 0.25) is 0 Å². The second kappa shape index (κ2) is 8.31. The summed E-state index contributed by atoms with van der Waals surface area (Å²) in [7, 11) is 1.60. The number of nitrogens with one attached hydrogen (secondary N) is 2. The van der Waals surface area contributed by atoms with Crippen molar-refractivity contribution in [1.82, 2.24) is 9.97 Å². The second-order valence-corrected chi connectivity index (χ2v) is 6.06. The average molecular weight is 362 g/mol. The van der Waals surface area contributed by atoms with E-state index in [0.29, 0.717) is 11.5 Å². The van der Waals surface area contributed by atoms with Crippen LogP contribution in [0.1, 0.15) is 28.5 Å². The number of aryl methyl sites for hydroxylation is 2. The number of anilines is 3. The number of nitrogens with zero attached hydrogens (tertiary/aromatic N) is 2. The molecular formula is C21H22N4O2. The van der Waals surface area contributed by atoms with Gasteiger partial charge in [0.1, 0.15) is 17.3 Å². The Bertz CT molecular complexity index is 922. The molecule has 2 aromatic carbocycles. The van der Waals surface area contributed by atoms with Gasteiger partial charge in [-0.15, -0.1) is 0 Å². The molecular weight excluding hydrogens is 340 g/mol. The highest BCUT2D eigenvalue weighted by Gasteiger charge is 2.10. The molecule has 2 N–H and O–H groups in total. The van der Waals surface area contributed by atoms with Crippen molar-refractivity contribution < 1.29 is 9.53 Å². The van der Waals surface area contributed by atoms with E-state index in [2.05, 4.69) is 33.6 Å². The molecule has 0 aliphatic heterocycles. The summed E-state index contributed by atoms with van der Waals surface area (Å²) in [6.07, 6.45) is 3.94. The van der Waals surface area contributed by atoms with Gasteiger partial charge in [0, 0.05) is 11.4 Å². The first-order valence-electron chi connectivity index (χ1n) is 8.73. The molecule has 3 rings (SSSR count). The maximum absolute atomic E-state index is 12.3. The first-order chi connectivity index (χ1) is 13.1. The molecule has 1 aromatic heterocycles. The van der Waals surface area contributed by atoms with E-state index in [1.54, 1.807) is 37.6 Å². The predicted octanol–water partition coefficient (Wildman–Crippen LogP) is 4.35. The minimum absolute atomic E-state index is 0.247. The van der Waals surface area contributed by atoms with Crippen molar-refractivity contribution in [2.24, 2.45) is 0 Å². The van der Waals surface area contributed by atoms with E-state index in [-0.39, 0.29) is 11.6 Å². The van der Waals surface area contributed by atoms with E-state index in [1.807, 2.05) is 19.1 Å². The Kier molecular flexibility index (Phi) is 5.66. The lowest BCUT2D eigenvalue weighted by molar-refractivity contribution is 0.102. The number of hydrogen-bond donors (Lipinski definition) is 2. The van der Waals surface area contributed by atoms with Crippen LogP contribution in [0.5, 0.6) is 5.75 Å². The van der Waals surface area contributed by atoms with Gasteiger partial charge in [-0.2, -0.15) is 0 Å². The number of carbonyl (C=O) groups is 1. The third kappa shape index (κ3) is 4.41. The van der Waals surface area contributed by atoms with Gasteiger partial charge >= 0.3 is 0 Å². The van der Waals surface area contributed by atoms with Crippen molar-refractivity contribution in [2.75, 3.05) is 17.7 Å². The molecule has 3 aromatic rings. The number of benzene rings is 2. The first kappa shape index (κ1) is 18.4. The monoisotopic (exact) mass is 362 g/mol. The van der Waals surface area contributed by atoms with Crippen molar-refractivity contribution in [1.29, 1.82) is 0 Å². The minimum Gasteiger partial charge on any atom is -0.497 e. The van der Waals surface area contributed by atoms with Crippen LogP contribution in [0.3, 0.4) is 0 Å². The Balaban J connectivity index is 1.70. The fourth-order valence-electron chi connectivity index (χ4n) is 2.71. The molecule has 0 saturated heterocycles. The van der Waals surface area contributed by atoms with Crippen LogP contribution < -0.4 is 15.4 Å². The van der Waals surface area contributed by atoms with Gasteiger partial charge in [0.25, 0.3) is 5.91 Å². The quantitative estimate of drug-likeness (QED) is 0.682. The maximum atomic E-state index is 12.3. The number of ether oxygens (including phenoxy) is 1. The van der Waals surface area contributed by atoms with Crippen LogP contribution in [-0.2, 0) is 6.42 Å². The van der Waals surface area contributed by atoms with Crippen LogP contribution in [-0.4, -0.2) is 23.0 Å². The molecule has 27 heavy (non-hydrogen) atoms. The third-order valence-electron chi connectivity index (χ3n) is 4.23. The highest BCUT2D eigenvalue weighted by Crippen LogP contribution is 2.24. The summed E-state index contributed by atoms with van der Waals surface area (Å²) in [5.74, 6) is 1.01. The van der Waals surface area contributed by atoms with Crippen molar-refractivity contribution in [3.8, 4) is 5.75 Å². The fourth-order valence-corrected chi connectivity index (χ4v) is 2.71. The molecule has 6 heteroatoms. The SMILES string of the molecule is CCc1cccc(C)c1Nc1cnc(C(=O)Nc2ccc(OC)cc2)cn1. The van der Waals surface area contributed by atoms with Crippen molar-refractivity contribution in [3.05, 3.63) is 71.7 Å². The molecule has 0 radical (unpaired) electrons. The molecule has 0 aliphatic carbocycles. The van der Waals surface area contributed by atoms with Gasteiger partial charge in [-0.05, 0) is 48.7 Å². The predicted molar refractivity (Wildman–Crippen MR) is 107 cm³/mol. The summed E-state index contributed by atoms with van der Waals surface area (Å²) in [5.41, 5.74) is 4.29. The summed E-state index contributed by atoms with van der Waals surface area (Å²) >= 11 is 0. The maximum Gasteiger partial charge on any atom is 0.275 e. The van der Waals surface area contributed by atoms with Crippen LogP contribution in [0.15, 0.2) is 54.9 Å². The molecule has 0 aliphatic rings. The van der Waals surface area contributed by atoms with Gasteiger partial charge in [-0.3, -0.25) is 4.79 Å². The molecule has 1 heterocycles. The van der Waals surface area contributed by atoms with E-state index < -0.39 is 0 Å². The van der Waals surface area contributed by atoms with Crippen molar-refractivity contribution in [3.63, 3.8) is 0 Å². The van der Waals surface area contributed by atoms with E-state index in [0.717, 1.165) is 23.4 Å². The summed E-state index contributed by atoms with van der Waals surface area (Å²) < 4.78 is 5.10. The zero-order chi connectivity index (χ0) is 19.2. The van der Waals surface area contributed by atoms with Crippen molar-refractivity contribution in [2.45, 2.75) is 20.3 Å². The van der Waals surface area contributed by atoms with Gasteiger partial charge < -0.3 is 15.4 Å². The Morgan fingerprint density at radius 3 is 2.48 bits per heavy atom. The Hall–Kier alpha value is -3.41. The summed E-state index contributed by atoms with van der Waals surface area (Å²) in [6.45, 7) is 4.16. The molecule has 1 amide bonds. The van der Waals surface area contributed by atoms with Crippen LogP contribution in [0.4, 0.5) is 17.2 Å². The summed E-state index contributed by atoms with van der Waals surface area (Å²) in [6, 6.07) is 13.3. The Morgan fingerprint density at radius 2 is 1.85 bits per heavy atom. The largest absolute Gasteiger partial charge is 0.497 e. The number of para-hydroxylation sites is 1. The van der Waals surface area contributed by atoms with Crippen LogP contribution >= 0.6 is 0 Å².